The van der Waals surface area contributed by atoms with Crippen LogP contribution in [0, 0.1) is 5.82 Å². The fourth-order valence-corrected chi connectivity index (χ4v) is 4.80. The molecule has 0 aliphatic rings. The van der Waals surface area contributed by atoms with Gasteiger partial charge in [-0.2, -0.15) is 0 Å². The van der Waals surface area contributed by atoms with Gasteiger partial charge in [-0.3, -0.25) is 13.9 Å². The third-order valence-electron chi connectivity index (χ3n) is 5.44. The minimum Gasteiger partial charge on any atom is -0.495 e. The molecule has 198 valence electrons. The Morgan fingerprint density at radius 2 is 1.75 bits per heavy atom. The van der Waals surface area contributed by atoms with Crippen LogP contribution in [0.2, 0.25) is 5.02 Å². The second-order valence-electron chi connectivity index (χ2n) is 8.74. The summed E-state index contributed by atoms with van der Waals surface area (Å²) in [6.07, 6.45) is 1.27. The predicted molar refractivity (Wildman–Crippen MR) is 139 cm³/mol. The highest BCUT2D eigenvalue weighted by molar-refractivity contribution is 7.92. The molecule has 11 heteroatoms. The molecule has 1 N–H and O–H groups in total. The van der Waals surface area contributed by atoms with Crippen molar-refractivity contribution in [1.82, 2.24) is 10.2 Å². The summed E-state index contributed by atoms with van der Waals surface area (Å²) in [6.45, 7) is 5.41. The van der Waals surface area contributed by atoms with Gasteiger partial charge in [0.15, 0.2) is 0 Å². The number of carbonyl (C=O) groups is 2. The van der Waals surface area contributed by atoms with Gasteiger partial charge in [-0.15, -0.1) is 0 Å². The number of carbonyl (C=O) groups excluding carboxylic acids is 2. The second kappa shape index (κ2) is 12.9. The molecular formula is C25H33ClFN3O5S. The summed E-state index contributed by atoms with van der Waals surface area (Å²) in [5.74, 6) is -0.631. The largest absolute Gasteiger partial charge is 0.495 e. The lowest BCUT2D eigenvalue weighted by Crippen LogP contribution is -2.49. The SMILES string of the molecule is COc1ccc(N(CCCC(=O)N(Cc2ccc(F)cc2)C(C)C(=O)NC(C)C)S(C)(=O)=O)cc1Cl. The monoisotopic (exact) mass is 541 g/mol. The van der Waals surface area contributed by atoms with Gasteiger partial charge < -0.3 is 15.0 Å². The summed E-state index contributed by atoms with van der Waals surface area (Å²) in [7, 11) is -2.20. The molecule has 0 saturated heterocycles. The zero-order valence-electron chi connectivity index (χ0n) is 21.1. The van der Waals surface area contributed by atoms with Gasteiger partial charge in [0, 0.05) is 25.6 Å². The Kier molecular flexibility index (Phi) is 10.5. The summed E-state index contributed by atoms with van der Waals surface area (Å²) in [5, 5.41) is 3.06. The van der Waals surface area contributed by atoms with Crippen LogP contribution in [0.1, 0.15) is 39.2 Å². The van der Waals surface area contributed by atoms with E-state index in [0.29, 0.717) is 17.0 Å². The summed E-state index contributed by atoms with van der Waals surface area (Å²) in [4.78, 5) is 27.3. The van der Waals surface area contributed by atoms with Crippen LogP contribution >= 0.6 is 11.6 Å². The molecule has 0 aromatic heterocycles. The average molecular weight is 542 g/mol. The smallest absolute Gasteiger partial charge is 0.242 e. The highest BCUT2D eigenvalue weighted by Crippen LogP contribution is 2.30. The standard InChI is InChI=1S/C25H33ClFN3O5S/c1-17(2)28-25(32)18(3)29(16-19-8-10-20(27)11-9-19)24(31)7-6-14-30(36(5,33)34)21-12-13-23(35-4)22(26)15-21/h8-13,15,17-18H,6-7,14,16H2,1-5H3,(H,28,32). The van der Waals surface area contributed by atoms with Crippen LogP contribution in [0.3, 0.4) is 0 Å². The molecule has 2 amide bonds. The molecule has 2 aromatic carbocycles. The third-order valence-corrected chi connectivity index (χ3v) is 6.93. The Hall–Kier alpha value is -2.85. The van der Waals surface area contributed by atoms with Crippen LogP contribution in [-0.2, 0) is 26.2 Å². The molecule has 1 atom stereocenters. The molecule has 0 spiro atoms. The first-order valence-electron chi connectivity index (χ1n) is 11.5. The predicted octanol–water partition coefficient (Wildman–Crippen LogP) is 3.98. The Balaban J connectivity index is 2.18. The fourth-order valence-electron chi connectivity index (χ4n) is 3.59. The minimum absolute atomic E-state index is 0.00357. The van der Waals surface area contributed by atoms with E-state index in [1.54, 1.807) is 31.2 Å². The molecule has 0 saturated carbocycles. The number of methoxy groups -OCH3 is 1. The van der Waals surface area contributed by atoms with Crippen LogP contribution in [-0.4, -0.2) is 57.1 Å². The van der Waals surface area contributed by atoms with E-state index >= 15 is 0 Å². The van der Waals surface area contributed by atoms with Crippen LogP contribution in [0.4, 0.5) is 10.1 Å². The number of nitrogens with one attached hydrogen (secondary N) is 1. The Morgan fingerprint density at radius 1 is 1.11 bits per heavy atom. The molecule has 0 radical (unpaired) electrons. The van der Waals surface area contributed by atoms with Gasteiger partial charge in [0.2, 0.25) is 21.8 Å². The first kappa shape index (κ1) is 29.4. The Morgan fingerprint density at radius 3 is 2.28 bits per heavy atom. The van der Waals surface area contributed by atoms with Gasteiger partial charge in [0.05, 0.1) is 24.1 Å². The van der Waals surface area contributed by atoms with Crippen molar-refractivity contribution in [3.05, 3.63) is 58.9 Å². The first-order chi connectivity index (χ1) is 16.8. The van der Waals surface area contributed by atoms with E-state index in [2.05, 4.69) is 5.32 Å². The Labute approximate surface area is 217 Å². The number of rotatable bonds is 12. The quantitative estimate of drug-likeness (QED) is 0.438. The molecule has 1 unspecified atom stereocenters. The maximum atomic E-state index is 13.3. The maximum Gasteiger partial charge on any atom is 0.242 e. The first-order valence-corrected chi connectivity index (χ1v) is 13.7. The molecule has 2 rings (SSSR count). The zero-order chi connectivity index (χ0) is 27.0. The third kappa shape index (κ3) is 8.37. The van der Waals surface area contributed by atoms with E-state index < -0.39 is 21.9 Å². The minimum atomic E-state index is -3.66. The summed E-state index contributed by atoms with van der Waals surface area (Å²) in [6, 6.07) is 9.44. The van der Waals surface area contributed by atoms with E-state index in [4.69, 9.17) is 16.3 Å². The lowest BCUT2D eigenvalue weighted by atomic mass is 10.1. The molecule has 0 bridgehead atoms. The molecule has 8 nitrogen and oxygen atoms in total. The molecule has 0 aliphatic heterocycles. The van der Waals surface area contributed by atoms with E-state index in [-0.39, 0.29) is 48.8 Å². The van der Waals surface area contributed by atoms with Crippen LogP contribution in [0.25, 0.3) is 0 Å². The van der Waals surface area contributed by atoms with Crippen molar-refractivity contribution in [3.8, 4) is 5.75 Å². The fraction of sp³-hybridized carbons (Fsp3) is 0.440. The molecule has 2 aromatic rings. The number of sulfonamides is 1. The van der Waals surface area contributed by atoms with Crippen LogP contribution in [0.15, 0.2) is 42.5 Å². The molecular weight excluding hydrogens is 509 g/mol. The summed E-state index contributed by atoms with van der Waals surface area (Å²) < 4.78 is 44.5. The molecule has 0 heterocycles. The van der Waals surface area contributed by atoms with Crippen molar-refractivity contribution < 1.29 is 27.1 Å². The van der Waals surface area contributed by atoms with Crippen molar-refractivity contribution in [2.45, 2.75) is 52.2 Å². The molecule has 0 fully saturated rings. The van der Waals surface area contributed by atoms with Crippen molar-refractivity contribution >= 4 is 39.1 Å². The number of amides is 2. The van der Waals surface area contributed by atoms with Gasteiger partial charge in [0.1, 0.15) is 17.6 Å². The number of nitrogens with zero attached hydrogens (tertiary/aromatic N) is 2. The summed E-state index contributed by atoms with van der Waals surface area (Å²) in [5.41, 5.74) is 1.02. The topological polar surface area (TPSA) is 96.0 Å². The van der Waals surface area contributed by atoms with Crippen molar-refractivity contribution in [2.75, 3.05) is 24.2 Å². The number of ether oxygens (including phenoxy) is 1. The normalized spacial score (nSPS) is 12.2. The zero-order valence-corrected chi connectivity index (χ0v) is 22.7. The van der Waals surface area contributed by atoms with Gasteiger partial charge in [-0.05, 0) is 63.1 Å². The lowest BCUT2D eigenvalue weighted by molar-refractivity contribution is -0.140. The number of halogens is 2. The van der Waals surface area contributed by atoms with Gasteiger partial charge in [0.25, 0.3) is 0 Å². The maximum absolute atomic E-state index is 13.3. The van der Waals surface area contributed by atoms with E-state index in [0.717, 1.165) is 6.26 Å². The van der Waals surface area contributed by atoms with Crippen molar-refractivity contribution in [1.29, 1.82) is 0 Å². The van der Waals surface area contributed by atoms with Crippen molar-refractivity contribution in [2.24, 2.45) is 0 Å². The van der Waals surface area contributed by atoms with E-state index in [1.165, 1.54) is 34.5 Å². The number of anilines is 1. The van der Waals surface area contributed by atoms with Gasteiger partial charge in [-0.1, -0.05) is 23.7 Å². The molecule has 0 aliphatic carbocycles. The van der Waals surface area contributed by atoms with Crippen LogP contribution in [0.5, 0.6) is 5.75 Å². The second-order valence-corrected chi connectivity index (χ2v) is 11.1. The summed E-state index contributed by atoms with van der Waals surface area (Å²) >= 11 is 6.17. The van der Waals surface area contributed by atoms with Gasteiger partial charge in [-0.25, -0.2) is 12.8 Å². The Bertz CT molecular complexity index is 1160. The average Bonchev–Trinajstić information content (AvgIpc) is 2.79. The highest BCUT2D eigenvalue weighted by atomic mass is 35.5. The number of benzene rings is 2. The number of hydrogen-bond acceptors (Lipinski definition) is 5. The lowest BCUT2D eigenvalue weighted by Gasteiger charge is -2.30. The number of hydrogen-bond donors (Lipinski definition) is 1. The van der Waals surface area contributed by atoms with Crippen LogP contribution < -0.4 is 14.4 Å². The van der Waals surface area contributed by atoms with Crippen molar-refractivity contribution in [3.63, 3.8) is 0 Å². The molecule has 36 heavy (non-hydrogen) atoms. The van der Waals surface area contributed by atoms with E-state index in [1.807, 2.05) is 13.8 Å². The van der Waals surface area contributed by atoms with Gasteiger partial charge >= 0.3 is 0 Å². The van der Waals surface area contributed by atoms with E-state index in [9.17, 15) is 22.4 Å². The highest BCUT2D eigenvalue weighted by Gasteiger charge is 2.27.